The van der Waals surface area contributed by atoms with Crippen LogP contribution in [0.25, 0.3) is 10.2 Å². The number of morpholine rings is 1. The molecule has 2 saturated heterocycles. The van der Waals surface area contributed by atoms with Crippen LogP contribution in [0, 0.1) is 20.8 Å². The minimum absolute atomic E-state index is 0.785. The topological polar surface area (TPSA) is 70.8 Å². The van der Waals surface area contributed by atoms with Gasteiger partial charge in [-0.15, -0.1) is 11.3 Å². The normalized spacial score (nSPS) is 18.9. The van der Waals surface area contributed by atoms with Crippen molar-refractivity contribution in [2.45, 2.75) is 33.9 Å². The lowest BCUT2D eigenvalue weighted by Gasteiger charge is -2.35. The van der Waals surface area contributed by atoms with Gasteiger partial charge in [-0.05, 0) is 26.3 Å². The van der Waals surface area contributed by atoms with E-state index in [4.69, 9.17) is 19.2 Å². The predicted octanol–water partition coefficient (Wildman–Crippen LogP) is 2.76. The van der Waals surface area contributed by atoms with E-state index < -0.39 is 0 Å². The number of hydrogen-bond donors (Lipinski definition) is 0. The molecule has 3 aromatic heterocycles. The second-order valence-electron chi connectivity index (χ2n) is 8.51. The van der Waals surface area contributed by atoms with Gasteiger partial charge in [0.25, 0.3) is 0 Å². The van der Waals surface area contributed by atoms with Gasteiger partial charge in [0.2, 0.25) is 0 Å². The maximum atomic E-state index is 5.50. The zero-order valence-electron chi connectivity index (χ0n) is 18.6. The lowest BCUT2D eigenvalue weighted by Crippen LogP contribution is -2.46. The number of ether oxygens (including phenoxy) is 1. The van der Waals surface area contributed by atoms with Gasteiger partial charge in [0, 0.05) is 56.8 Å². The number of thiophene rings is 1. The third-order valence-corrected chi connectivity index (χ3v) is 7.36. The van der Waals surface area contributed by atoms with E-state index in [0.29, 0.717) is 0 Å². The molecule has 0 bridgehead atoms. The van der Waals surface area contributed by atoms with E-state index in [1.165, 1.54) is 15.8 Å². The van der Waals surface area contributed by atoms with Crippen LogP contribution in [-0.4, -0.2) is 77.4 Å². The molecule has 9 heteroatoms. The number of piperazine rings is 1. The minimum Gasteiger partial charge on any atom is -0.379 e. The molecule has 0 amide bonds. The Morgan fingerprint density at radius 3 is 2.39 bits per heavy atom. The molecule has 2 fully saturated rings. The van der Waals surface area contributed by atoms with Crippen LogP contribution < -0.4 is 4.90 Å². The number of rotatable bonds is 5. The summed E-state index contributed by atoms with van der Waals surface area (Å²) in [5.41, 5.74) is 2.32. The predicted molar refractivity (Wildman–Crippen MR) is 122 cm³/mol. The lowest BCUT2D eigenvalue weighted by molar-refractivity contribution is 0.0331. The Morgan fingerprint density at radius 2 is 1.68 bits per heavy atom. The quantitative estimate of drug-likeness (QED) is 0.597. The largest absolute Gasteiger partial charge is 0.379 e. The fraction of sp³-hybridized carbons (Fsp3) is 0.591. The van der Waals surface area contributed by atoms with Gasteiger partial charge in [-0.3, -0.25) is 9.80 Å². The van der Waals surface area contributed by atoms with Gasteiger partial charge >= 0.3 is 0 Å². The Bertz CT molecular complexity index is 1050. The molecule has 0 radical (unpaired) electrons. The summed E-state index contributed by atoms with van der Waals surface area (Å²) in [6, 6.07) is 2.02. The summed E-state index contributed by atoms with van der Waals surface area (Å²) in [5.74, 6) is 2.89. The average molecular weight is 443 g/mol. The molecule has 8 nitrogen and oxygen atoms in total. The molecule has 31 heavy (non-hydrogen) atoms. The number of aryl methyl sites for hydroxylation is 3. The highest BCUT2D eigenvalue weighted by atomic mass is 32.1. The van der Waals surface area contributed by atoms with Crippen molar-refractivity contribution in [2.24, 2.45) is 0 Å². The van der Waals surface area contributed by atoms with Crippen molar-refractivity contribution in [1.29, 1.82) is 0 Å². The first-order chi connectivity index (χ1) is 15.1. The van der Waals surface area contributed by atoms with Gasteiger partial charge in [0.1, 0.15) is 22.2 Å². The van der Waals surface area contributed by atoms with Crippen molar-refractivity contribution >= 4 is 27.4 Å². The van der Waals surface area contributed by atoms with Gasteiger partial charge in [-0.2, -0.15) is 0 Å². The molecular formula is C22H30N6O2S. The van der Waals surface area contributed by atoms with E-state index in [0.717, 1.165) is 93.5 Å². The monoisotopic (exact) mass is 442 g/mol. The molecule has 2 aliphatic rings. The second kappa shape index (κ2) is 8.82. The van der Waals surface area contributed by atoms with Crippen molar-refractivity contribution in [1.82, 2.24) is 24.9 Å². The van der Waals surface area contributed by atoms with E-state index in [1.807, 2.05) is 13.0 Å². The van der Waals surface area contributed by atoms with Crippen LogP contribution in [0.3, 0.4) is 0 Å². The Balaban J connectivity index is 1.36. The summed E-state index contributed by atoms with van der Waals surface area (Å²) in [7, 11) is 0. The molecule has 0 unspecified atom stereocenters. The number of aromatic nitrogens is 3. The molecule has 0 aliphatic carbocycles. The lowest BCUT2D eigenvalue weighted by atomic mass is 10.2. The molecule has 0 aromatic carbocycles. The molecule has 3 aromatic rings. The number of hydrogen-bond acceptors (Lipinski definition) is 9. The molecule has 166 valence electrons. The van der Waals surface area contributed by atoms with Crippen molar-refractivity contribution in [3.05, 3.63) is 33.8 Å². The highest BCUT2D eigenvalue weighted by molar-refractivity contribution is 7.18. The molecule has 0 saturated carbocycles. The first-order valence-corrected chi connectivity index (χ1v) is 11.8. The van der Waals surface area contributed by atoms with Gasteiger partial charge in [-0.1, -0.05) is 5.16 Å². The molecule has 0 atom stereocenters. The van der Waals surface area contributed by atoms with Gasteiger partial charge < -0.3 is 14.2 Å². The average Bonchev–Trinajstić information content (AvgIpc) is 3.31. The molecule has 0 spiro atoms. The van der Waals surface area contributed by atoms with Crippen molar-refractivity contribution in [3.63, 3.8) is 0 Å². The third-order valence-electron chi connectivity index (χ3n) is 6.26. The first kappa shape index (κ1) is 20.8. The fourth-order valence-electron chi connectivity index (χ4n) is 4.37. The Labute approximate surface area is 186 Å². The smallest absolute Gasteiger partial charge is 0.146 e. The van der Waals surface area contributed by atoms with E-state index in [9.17, 15) is 0 Å². The standard InChI is InChI=1S/C22H30N6O2S/c1-15-12-18(25-30-15)13-26-4-6-28(7-5-26)21-20-16(2)17(3)31-22(20)24-19(23-21)14-27-8-10-29-11-9-27/h12H,4-11,13-14H2,1-3H3. The molecular weight excluding hydrogens is 412 g/mol. The second-order valence-corrected chi connectivity index (χ2v) is 9.71. The summed E-state index contributed by atoms with van der Waals surface area (Å²) < 4.78 is 10.7. The summed E-state index contributed by atoms with van der Waals surface area (Å²) in [4.78, 5) is 19.8. The zero-order valence-corrected chi connectivity index (χ0v) is 19.4. The molecule has 2 aliphatic heterocycles. The Kier molecular flexibility index (Phi) is 5.92. The number of nitrogens with zero attached hydrogens (tertiary/aromatic N) is 6. The highest BCUT2D eigenvalue weighted by Gasteiger charge is 2.24. The van der Waals surface area contributed by atoms with Crippen LogP contribution in [0.2, 0.25) is 0 Å². The van der Waals surface area contributed by atoms with Crippen molar-refractivity contribution in [3.8, 4) is 0 Å². The molecule has 5 heterocycles. The van der Waals surface area contributed by atoms with Crippen LogP contribution >= 0.6 is 11.3 Å². The summed E-state index contributed by atoms with van der Waals surface area (Å²) >= 11 is 1.79. The Hall–Kier alpha value is -2.07. The number of fused-ring (bicyclic) bond motifs is 1. The minimum atomic E-state index is 0.785. The van der Waals surface area contributed by atoms with Crippen molar-refractivity contribution in [2.75, 3.05) is 57.4 Å². The first-order valence-electron chi connectivity index (χ1n) is 11.0. The summed E-state index contributed by atoms with van der Waals surface area (Å²) in [6.45, 7) is 15.3. The van der Waals surface area contributed by atoms with Crippen LogP contribution in [-0.2, 0) is 17.8 Å². The Morgan fingerprint density at radius 1 is 0.935 bits per heavy atom. The van der Waals surface area contributed by atoms with Crippen LogP contribution in [0.5, 0.6) is 0 Å². The maximum Gasteiger partial charge on any atom is 0.146 e. The fourth-order valence-corrected chi connectivity index (χ4v) is 5.41. The van der Waals surface area contributed by atoms with Crippen LogP contribution in [0.1, 0.15) is 27.7 Å². The SMILES string of the molecule is Cc1cc(CN2CCN(c3nc(CN4CCOCC4)nc4sc(C)c(C)c34)CC2)no1. The van der Waals surface area contributed by atoms with Crippen molar-refractivity contribution < 1.29 is 9.26 Å². The summed E-state index contributed by atoms with van der Waals surface area (Å²) in [5, 5.41) is 5.38. The van der Waals surface area contributed by atoms with E-state index >= 15 is 0 Å². The van der Waals surface area contributed by atoms with E-state index in [1.54, 1.807) is 11.3 Å². The highest BCUT2D eigenvalue weighted by Crippen LogP contribution is 2.35. The van der Waals surface area contributed by atoms with Crippen LogP contribution in [0.4, 0.5) is 5.82 Å². The van der Waals surface area contributed by atoms with Crippen LogP contribution in [0.15, 0.2) is 10.6 Å². The van der Waals surface area contributed by atoms with Gasteiger partial charge in [0.05, 0.1) is 30.8 Å². The number of anilines is 1. The van der Waals surface area contributed by atoms with Gasteiger partial charge in [-0.25, -0.2) is 9.97 Å². The van der Waals surface area contributed by atoms with E-state index in [2.05, 4.69) is 33.7 Å². The summed E-state index contributed by atoms with van der Waals surface area (Å²) in [6.07, 6.45) is 0. The van der Waals surface area contributed by atoms with Gasteiger partial charge in [0.15, 0.2) is 0 Å². The molecule has 0 N–H and O–H groups in total. The maximum absolute atomic E-state index is 5.50. The zero-order chi connectivity index (χ0) is 21.4. The van der Waals surface area contributed by atoms with E-state index in [-0.39, 0.29) is 0 Å². The third kappa shape index (κ3) is 4.45. The molecule has 5 rings (SSSR count).